The molecule has 0 aromatic heterocycles. The number of carbonyl (C=O) groups excluding carboxylic acids is 1. The van der Waals surface area contributed by atoms with Crippen molar-refractivity contribution in [1.82, 2.24) is 0 Å². The van der Waals surface area contributed by atoms with Crippen molar-refractivity contribution < 1.29 is 9.53 Å². The van der Waals surface area contributed by atoms with Gasteiger partial charge in [-0.2, -0.15) is 0 Å². The van der Waals surface area contributed by atoms with E-state index in [9.17, 15) is 4.79 Å². The number of esters is 1. The molecule has 4 N–H and O–H groups in total. The standard InChI is InChI=1S/C26H54N2O2/c1-2-3-4-5-6-7-8-9-10-11-12-13-14-15-16-17-18-21-24-30-26(29)25(28)22-19-20-23-27/h25H,2-24,27-28H2,1H3/t25-/m0/s1. The number of carbonyl (C=O) groups is 1. The van der Waals surface area contributed by atoms with Gasteiger partial charge in [0.2, 0.25) is 0 Å². The minimum Gasteiger partial charge on any atom is -0.465 e. The van der Waals surface area contributed by atoms with Gasteiger partial charge in [0.05, 0.1) is 6.61 Å². The molecule has 180 valence electrons. The maximum Gasteiger partial charge on any atom is 0.322 e. The van der Waals surface area contributed by atoms with Gasteiger partial charge < -0.3 is 16.2 Å². The summed E-state index contributed by atoms with van der Waals surface area (Å²) in [5.74, 6) is -0.251. The molecular weight excluding hydrogens is 372 g/mol. The van der Waals surface area contributed by atoms with Gasteiger partial charge in [-0.1, -0.05) is 122 Å². The van der Waals surface area contributed by atoms with Crippen LogP contribution in [0.4, 0.5) is 0 Å². The molecule has 4 heteroatoms. The van der Waals surface area contributed by atoms with E-state index in [1.165, 1.54) is 103 Å². The first-order chi connectivity index (χ1) is 14.7. The van der Waals surface area contributed by atoms with Crippen molar-refractivity contribution in [2.75, 3.05) is 13.2 Å². The van der Waals surface area contributed by atoms with E-state index in [0.717, 1.165) is 25.7 Å². The second kappa shape index (κ2) is 24.7. The fraction of sp³-hybridized carbons (Fsp3) is 0.962. The highest BCUT2D eigenvalue weighted by Crippen LogP contribution is 2.14. The number of hydrogen-bond donors (Lipinski definition) is 2. The van der Waals surface area contributed by atoms with Crippen LogP contribution in [0.5, 0.6) is 0 Å². The summed E-state index contributed by atoms with van der Waals surface area (Å²) in [4.78, 5) is 11.7. The van der Waals surface area contributed by atoms with E-state index in [0.29, 0.717) is 19.6 Å². The fourth-order valence-corrected chi connectivity index (χ4v) is 3.91. The molecule has 1 atom stereocenters. The third kappa shape index (κ3) is 22.1. The van der Waals surface area contributed by atoms with E-state index < -0.39 is 6.04 Å². The molecule has 0 aliphatic heterocycles. The van der Waals surface area contributed by atoms with Gasteiger partial charge in [0.15, 0.2) is 0 Å². The zero-order chi connectivity index (χ0) is 22.1. The molecule has 0 aromatic rings. The molecule has 0 bridgehead atoms. The van der Waals surface area contributed by atoms with E-state index in [1.54, 1.807) is 0 Å². The highest BCUT2D eigenvalue weighted by Gasteiger charge is 2.13. The lowest BCUT2D eigenvalue weighted by Crippen LogP contribution is -2.32. The Labute approximate surface area is 188 Å². The Kier molecular flexibility index (Phi) is 24.2. The van der Waals surface area contributed by atoms with Crippen LogP contribution in [-0.2, 0) is 9.53 Å². The lowest BCUT2D eigenvalue weighted by molar-refractivity contribution is -0.145. The van der Waals surface area contributed by atoms with Gasteiger partial charge >= 0.3 is 5.97 Å². The van der Waals surface area contributed by atoms with Gasteiger partial charge in [-0.05, 0) is 25.8 Å². The molecule has 0 fully saturated rings. The summed E-state index contributed by atoms with van der Waals surface area (Å²) in [6.45, 7) is 3.45. The Morgan fingerprint density at radius 3 is 1.43 bits per heavy atom. The molecule has 0 radical (unpaired) electrons. The third-order valence-electron chi connectivity index (χ3n) is 6.01. The first-order valence-electron chi connectivity index (χ1n) is 13.3. The third-order valence-corrected chi connectivity index (χ3v) is 6.01. The molecule has 0 spiro atoms. The van der Waals surface area contributed by atoms with Crippen molar-refractivity contribution in [3.8, 4) is 0 Å². The van der Waals surface area contributed by atoms with Crippen molar-refractivity contribution >= 4 is 5.97 Å². The van der Waals surface area contributed by atoms with E-state index in [2.05, 4.69) is 6.92 Å². The minimum absolute atomic E-state index is 0.251. The van der Waals surface area contributed by atoms with Crippen LogP contribution >= 0.6 is 0 Å². The van der Waals surface area contributed by atoms with Crippen LogP contribution in [0.3, 0.4) is 0 Å². The van der Waals surface area contributed by atoms with E-state index in [-0.39, 0.29) is 5.97 Å². The molecule has 0 saturated carbocycles. The average Bonchev–Trinajstić information content (AvgIpc) is 2.75. The first-order valence-corrected chi connectivity index (χ1v) is 13.3. The van der Waals surface area contributed by atoms with Crippen LogP contribution in [0.1, 0.15) is 142 Å². The molecule has 0 unspecified atom stereocenters. The Bertz CT molecular complexity index is 350. The smallest absolute Gasteiger partial charge is 0.322 e. The summed E-state index contributed by atoms with van der Waals surface area (Å²) >= 11 is 0. The van der Waals surface area contributed by atoms with Crippen LogP contribution in [0.15, 0.2) is 0 Å². The molecule has 0 rings (SSSR count). The zero-order valence-electron chi connectivity index (χ0n) is 20.3. The Hall–Kier alpha value is -0.610. The lowest BCUT2D eigenvalue weighted by Gasteiger charge is -2.11. The topological polar surface area (TPSA) is 78.3 Å². The Morgan fingerprint density at radius 1 is 0.633 bits per heavy atom. The summed E-state index contributed by atoms with van der Waals surface area (Å²) in [7, 11) is 0. The van der Waals surface area contributed by atoms with E-state index in [1.807, 2.05) is 0 Å². The molecule has 30 heavy (non-hydrogen) atoms. The highest BCUT2D eigenvalue weighted by atomic mass is 16.5. The summed E-state index contributed by atoms with van der Waals surface area (Å²) in [6, 6.07) is -0.480. The van der Waals surface area contributed by atoms with Gasteiger partial charge in [-0.3, -0.25) is 4.79 Å². The van der Waals surface area contributed by atoms with Crippen molar-refractivity contribution in [1.29, 1.82) is 0 Å². The zero-order valence-corrected chi connectivity index (χ0v) is 20.3. The van der Waals surface area contributed by atoms with Crippen LogP contribution in [0.25, 0.3) is 0 Å². The quantitative estimate of drug-likeness (QED) is 0.128. The average molecular weight is 427 g/mol. The lowest BCUT2D eigenvalue weighted by atomic mass is 10.0. The maximum atomic E-state index is 11.7. The second-order valence-corrected chi connectivity index (χ2v) is 9.07. The van der Waals surface area contributed by atoms with Crippen LogP contribution < -0.4 is 11.5 Å². The van der Waals surface area contributed by atoms with Crippen molar-refractivity contribution in [3.63, 3.8) is 0 Å². The molecule has 0 amide bonds. The fourth-order valence-electron chi connectivity index (χ4n) is 3.91. The second-order valence-electron chi connectivity index (χ2n) is 9.07. The molecule has 0 aliphatic carbocycles. The molecule has 0 saturated heterocycles. The molecular formula is C26H54N2O2. The van der Waals surface area contributed by atoms with Crippen LogP contribution in [-0.4, -0.2) is 25.2 Å². The van der Waals surface area contributed by atoms with Gasteiger partial charge in [-0.15, -0.1) is 0 Å². The minimum atomic E-state index is -0.480. The van der Waals surface area contributed by atoms with Crippen molar-refractivity contribution in [2.24, 2.45) is 11.5 Å². The van der Waals surface area contributed by atoms with Gasteiger partial charge in [0.1, 0.15) is 6.04 Å². The summed E-state index contributed by atoms with van der Waals surface area (Å²) in [6.07, 6.45) is 27.0. The SMILES string of the molecule is CCCCCCCCCCCCCCCCCCCCOC(=O)[C@@H](N)CCCCN. The van der Waals surface area contributed by atoms with Gasteiger partial charge in [0.25, 0.3) is 0 Å². The summed E-state index contributed by atoms with van der Waals surface area (Å²) < 4.78 is 5.27. The molecule has 0 aromatic carbocycles. The van der Waals surface area contributed by atoms with Crippen LogP contribution in [0, 0.1) is 0 Å². The predicted molar refractivity (Wildman–Crippen MR) is 131 cm³/mol. The molecule has 0 aliphatic rings. The number of ether oxygens (including phenoxy) is 1. The first kappa shape index (κ1) is 29.4. The van der Waals surface area contributed by atoms with Gasteiger partial charge in [0, 0.05) is 0 Å². The normalized spacial score (nSPS) is 12.2. The van der Waals surface area contributed by atoms with Crippen LogP contribution in [0.2, 0.25) is 0 Å². The number of hydrogen-bond acceptors (Lipinski definition) is 4. The van der Waals surface area contributed by atoms with Crippen molar-refractivity contribution in [3.05, 3.63) is 0 Å². The van der Waals surface area contributed by atoms with Gasteiger partial charge in [-0.25, -0.2) is 0 Å². The number of nitrogens with two attached hydrogens (primary N) is 2. The summed E-state index contributed by atoms with van der Waals surface area (Å²) in [5, 5.41) is 0. The van der Waals surface area contributed by atoms with Crippen molar-refractivity contribution in [2.45, 2.75) is 148 Å². The van der Waals surface area contributed by atoms with E-state index >= 15 is 0 Å². The molecule has 4 nitrogen and oxygen atoms in total. The predicted octanol–water partition coefficient (Wildman–Crippen LogP) is 7.03. The Morgan fingerprint density at radius 2 is 1.03 bits per heavy atom. The highest BCUT2D eigenvalue weighted by molar-refractivity contribution is 5.75. The van der Waals surface area contributed by atoms with E-state index in [4.69, 9.17) is 16.2 Å². The molecule has 0 heterocycles. The number of rotatable bonds is 24. The summed E-state index contributed by atoms with van der Waals surface area (Å²) in [5.41, 5.74) is 11.3. The maximum absolute atomic E-state index is 11.7. The Balaban J connectivity index is 3.17. The largest absolute Gasteiger partial charge is 0.465 e. The number of unbranched alkanes of at least 4 members (excludes halogenated alkanes) is 18. The monoisotopic (exact) mass is 426 g/mol.